The molecule has 1 aliphatic rings. The SMILES string of the molecule is CCNC(=NCCS(=O)(=O)C(C)(C)C)NC1CCCN(c2ccccc2OC)C1.I. The fourth-order valence-corrected chi connectivity index (χ4v) is 4.25. The Bertz CT molecular complexity index is 794. The van der Waals surface area contributed by atoms with Crippen LogP contribution in [0.5, 0.6) is 5.75 Å². The highest BCUT2D eigenvalue weighted by atomic mass is 127. The summed E-state index contributed by atoms with van der Waals surface area (Å²) in [7, 11) is -1.48. The molecule has 7 nitrogen and oxygen atoms in total. The first-order valence-corrected chi connectivity index (χ1v) is 12.0. The molecule has 2 rings (SSSR count). The van der Waals surface area contributed by atoms with Crippen LogP contribution in [-0.4, -0.2) is 64.2 Å². The molecule has 1 heterocycles. The molecule has 1 aromatic rings. The minimum atomic E-state index is -3.18. The van der Waals surface area contributed by atoms with Crippen LogP contribution in [0.2, 0.25) is 0 Å². The summed E-state index contributed by atoms with van der Waals surface area (Å²) in [6.07, 6.45) is 2.10. The van der Waals surface area contributed by atoms with Gasteiger partial charge in [-0.15, -0.1) is 24.0 Å². The molecular weight excluding hydrogens is 515 g/mol. The molecule has 1 aromatic carbocycles. The summed E-state index contributed by atoms with van der Waals surface area (Å²) in [5.74, 6) is 1.59. The Morgan fingerprint density at radius 3 is 2.63 bits per heavy atom. The van der Waals surface area contributed by atoms with Gasteiger partial charge in [-0.2, -0.15) is 0 Å². The Hall–Kier alpha value is -1.23. The number of sulfone groups is 1. The second-order valence-electron chi connectivity index (χ2n) is 8.29. The van der Waals surface area contributed by atoms with E-state index in [1.54, 1.807) is 27.9 Å². The molecule has 2 N–H and O–H groups in total. The van der Waals surface area contributed by atoms with Crippen molar-refractivity contribution in [1.82, 2.24) is 10.6 Å². The van der Waals surface area contributed by atoms with Gasteiger partial charge in [0.05, 0.1) is 29.8 Å². The summed E-state index contributed by atoms with van der Waals surface area (Å²) in [6.45, 7) is 9.98. The lowest BCUT2D eigenvalue weighted by atomic mass is 10.0. The lowest BCUT2D eigenvalue weighted by molar-refractivity contribution is 0.408. The number of ether oxygens (including phenoxy) is 1. The molecule has 1 saturated heterocycles. The number of para-hydroxylation sites is 2. The number of nitrogens with zero attached hydrogens (tertiary/aromatic N) is 2. The molecular formula is C21H37IN4O3S. The predicted octanol–water partition coefficient (Wildman–Crippen LogP) is 3.05. The number of rotatable bonds is 7. The maximum Gasteiger partial charge on any atom is 0.191 e. The number of methoxy groups -OCH3 is 1. The van der Waals surface area contributed by atoms with Crippen molar-refractivity contribution in [2.24, 2.45) is 4.99 Å². The molecule has 172 valence electrons. The van der Waals surface area contributed by atoms with Gasteiger partial charge in [0.1, 0.15) is 5.75 Å². The molecule has 0 aromatic heterocycles. The summed E-state index contributed by atoms with van der Waals surface area (Å²) in [6, 6.07) is 8.29. The maximum atomic E-state index is 12.3. The monoisotopic (exact) mass is 552 g/mol. The third kappa shape index (κ3) is 7.47. The summed E-state index contributed by atoms with van der Waals surface area (Å²) in [4.78, 5) is 6.84. The average molecular weight is 553 g/mol. The first-order chi connectivity index (χ1) is 13.7. The van der Waals surface area contributed by atoms with Crippen LogP contribution in [0.25, 0.3) is 0 Å². The van der Waals surface area contributed by atoms with Crippen molar-refractivity contribution in [3.63, 3.8) is 0 Å². The Morgan fingerprint density at radius 2 is 2.00 bits per heavy atom. The smallest absolute Gasteiger partial charge is 0.191 e. The van der Waals surface area contributed by atoms with Crippen LogP contribution in [0.3, 0.4) is 0 Å². The number of guanidine groups is 1. The number of anilines is 1. The summed E-state index contributed by atoms with van der Waals surface area (Å²) in [5.41, 5.74) is 1.10. The first kappa shape index (κ1) is 26.8. The average Bonchev–Trinajstić information content (AvgIpc) is 2.67. The van der Waals surface area contributed by atoms with Crippen molar-refractivity contribution in [2.45, 2.75) is 51.3 Å². The fourth-order valence-electron chi connectivity index (χ4n) is 3.30. The highest BCUT2D eigenvalue weighted by molar-refractivity contribution is 14.0. The van der Waals surface area contributed by atoms with Gasteiger partial charge in [-0.3, -0.25) is 4.99 Å². The highest BCUT2D eigenvalue weighted by Crippen LogP contribution is 2.29. The van der Waals surface area contributed by atoms with Gasteiger partial charge in [0.2, 0.25) is 0 Å². The normalized spacial score (nSPS) is 17.8. The predicted molar refractivity (Wildman–Crippen MR) is 136 cm³/mol. The molecule has 0 radical (unpaired) electrons. The molecule has 1 fully saturated rings. The molecule has 0 bridgehead atoms. The van der Waals surface area contributed by atoms with Crippen LogP contribution in [0.1, 0.15) is 40.5 Å². The van der Waals surface area contributed by atoms with Crippen LogP contribution in [0.15, 0.2) is 29.3 Å². The lowest BCUT2D eigenvalue weighted by Gasteiger charge is -2.36. The third-order valence-electron chi connectivity index (χ3n) is 5.10. The van der Waals surface area contributed by atoms with Crippen LogP contribution >= 0.6 is 24.0 Å². The molecule has 0 saturated carbocycles. The Kier molecular flexibility index (Phi) is 10.7. The van der Waals surface area contributed by atoms with E-state index in [-0.39, 0.29) is 42.3 Å². The maximum absolute atomic E-state index is 12.3. The molecule has 1 aliphatic heterocycles. The molecule has 0 aliphatic carbocycles. The van der Waals surface area contributed by atoms with Gasteiger partial charge in [-0.05, 0) is 52.7 Å². The van der Waals surface area contributed by atoms with Gasteiger partial charge in [0.25, 0.3) is 0 Å². The fraction of sp³-hybridized carbons (Fsp3) is 0.667. The van der Waals surface area contributed by atoms with E-state index in [1.807, 2.05) is 25.1 Å². The second kappa shape index (κ2) is 12.0. The van der Waals surface area contributed by atoms with Crippen molar-refractivity contribution < 1.29 is 13.2 Å². The zero-order valence-corrected chi connectivity index (χ0v) is 21.9. The Balaban J connectivity index is 0.00000450. The number of piperidine rings is 1. The Morgan fingerprint density at radius 1 is 1.30 bits per heavy atom. The van der Waals surface area contributed by atoms with Crippen LogP contribution in [-0.2, 0) is 9.84 Å². The highest BCUT2D eigenvalue weighted by Gasteiger charge is 2.28. The quantitative estimate of drug-likeness (QED) is 0.308. The topological polar surface area (TPSA) is 83.0 Å². The van der Waals surface area contributed by atoms with Crippen molar-refractivity contribution in [3.05, 3.63) is 24.3 Å². The van der Waals surface area contributed by atoms with Crippen molar-refractivity contribution in [3.8, 4) is 5.75 Å². The molecule has 0 spiro atoms. The van der Waals surface area contributed by atoms with Gasteiger partial charge >= 0.3 is 0 Å². The number of halogens is 1. The summed E-state index contributed by atoms with van der Waals surface area (Å²) >= 11 is 0. The standard InChI is InChI=1S/C21H36N4O3S.HI/c1-6-22-20(23-13-15-29(26,27)21(2,3)4)24-17-10-9-14-25(16-17)18-11-7-8-12-19(18)28-5;/h7-8,11-12,17H,6,9-10,13-16H2,1-5H3,(H2,22,23,24);1H. The summed E-state index contributed by atoms with van der Waals surface area (Å²) < 4.78 is 29.4. The molecule has 30 heavy (non-hydrogen) atoms. The van der Waals surface area contributed by atoms with Gasteiger partial charge in [0.15, 0.2) is 15.8 Å². The van der Waals surface area contributed by atoms with E-state index < -0.39 is 14.6 Å². The van der Waals surface area contributed by atoms with E-state index in [1.165, 1.54) is 0 Å². The minimum absolute atomic E-state index is 0. The van der Waals surface area contributed by atoms with Crippen LogP contribution in [0, 0.1) is 0 Å². The van der Waals surface area contributed by atoms with Gasteiger partial charge in [-0.25, -0.2) is 8.42 Å². The van der Waals surface area contributed by atoms with Gasteiger partial charge in [-0.1, -0.05) is 12.1 Å². The van der Waals surface area contributed by atoms with Gasteiger partial charge in [0, 0.05) is 25.7 Å². The van der Waals surface area contributed by atoms with E-state index in [2.05, 4.69) is 26.6 Å². The van der Waals surface area contributed by atoms with Crippen LogP contribution < -0.4 is 20.3 Å². The Labute approximate surface area is 199 Å². The second-order valence-corrected chi connectivity index (χ2v) is 11.2. The molecule has 1 unspecified atom stereocenters. The molecule has 9 heteroatoms. The minimum Gasteiger partial charge on any atom is -0.495 e. The van der Waals surface area contributed by atoms with E-state index in [0.717, 1.165) is 43.9 Å². The van der Waals surface area contributed by atoms with E-state index in [0.29, 0.717) is 5.96 Å². The van der Waals surface area contributed by atoms with Crippen molar-refractivity contribution in [2.75, 3.05) is 43.9 Å². The summed E-state index contributed by atoms with van der Waals surface area (Å²) in [5, 5.41) is 6.71. The number of nitrogens with one attached hydrogen (secondary N) is 2. The zero-order valence-electron chi connectivity index (χ0n) is 18.8. The largest absolute Gasteiger partial charge is 0.495 e. The molecule has 1 atom stereocenters. The number of aliphatic imine (C=N–C) groups is 1. The number of hydrogen-bond acceptors (Lipinski definition) is 5. The number of hydrogen-bond donors (Lipinski definition) is 2. The van der Waals surface area contributed by atoms with E-state index in [4.69, 9.17) is 4.74 Å². The van der Waals surface area contributed by atoms with Crippen molar-refractivity contribution in [1.29, 1.82) is 0 Å². The number of benzene rings is 1. The third-order valence-corrected chi connectivity index (χ3v) is 7.68. The van der Waals surface area contributed by atoms with E-state index >= 15 is 0 Å². The van der Waals surface area contributed by atoms with Crippen molar-refractivity contribution >= 4 is 45.5 Å². The lowest BCUT2D eigenvalue weighted by Crippen LogP contribution is -2.51. The van der Waals surface area contributed by atoms with Gasteiger partial charge < -0.3 is 20.3 Å². The van der Waals surface area contributed by atoms with Crippen LogP contribution in [0.4, 0.5) is 5.69 Å². The zero-order chi connectivity index (χ0) is 21.5. The molecule has 0 amide bonds. The first-order valence-electron chi connectivity index (χ1n) is 10.3. The van der Waals surface area contributed by atoms with E-state index in [9.17, 15) is 8.42 Å².